The van der Waals surface area contributed by atoms with Gasteiger partial charge in [-0.2, -0.15) is 0 Å². The third-order valence-electron chi connectivity index (χ3n) is 6.15. The molecule has 1 saturated carbocycles. The highest BCUT2D eigenvalue weighted by Crippen LogP contribution is 2.36. The molecule has 0 aromatic heterocycles. The number of amides is 1. The van der Waals surface area contributed by atoms with Gasteiger partial charge in [-0.3, -0.25) is 4.79 Å². The molecule has 26 heavy (non-hydrogen) atoms. The Morgan fingerprint density at radius 3 is 2.96 bits per heavy atom. The second-order valence-electron chi connectivity index (χ2n) is 7.86. The molecule has 2 aliphatic heterocycles. The molecule has 140 valence electrons. The monoisotopic (exact) mass is 356 g/mol. The van der Waals surface area contributed by atoms with Crippen molar-refractivity contribution in [2.24, 2.45) is 17.0 Å². The number of hydrogen-bond acceptors (Lipinski definition) is 4. The maximum absolute atomic E-state index is 12.9. The Kier molecular flexibility index (Phi) is 5.14. The average molecular weight is 356 g/mol. The number of rotatable bonds is 4. The van der Waals surface area contributed by atoms with Crippen LogP contribution >= 0.6 is 0 Å². The van der Waals surface area contributed by atoms with Crippen molar-refractivity contribution in [1.82, 2.24) is 4.90 Å². The van der Waals surface area contributed by atoms with E-state index >= 15 is 0 Å². The third-order valence-corrected chi connectivity index (χ3v) is 6.15. The number of oxime groups is 1. The van der Waals surface area contributed by atoms with Gasteiger partial charge in [-0.1, -0.05) is 36.6 Å². The maximum atomic E-state index is 12.9. The fourth-order valence-electron chi connectivity index (χ4n) is 4.69. The predicted molar refractivity (Wildman–Crippen MR) is 100 cm³/mol. The van der Waals surface area contributed by atoms with Crippen LogP contribution in [0.4, 0.5) is 0 Å². The van der Waals surface area contributed by atoms with Crippen molar-refractivity contribution < 1.29 is 14.4 Å². The minimum absolute atomic E-state index is 0.124. The van der Waals surface area contributed by atoms with E-state index in [0.717, 1.165) is 42.5 Å². The summed E-state index contributed by atoms with van der Waals surface area (Å²) in [6.45, 7) is 1.79. The number of nitrogens with zero attached hydrogens (tertiary/aromatic N) is 2. The predicted octanol–water partition coefficient (Wildman–Crippen LogP) is 3.42. The van der Waals surface area contributed by atoms with E-state index in [4.69, 9.17) is 9.57 Å². The maximum Gasteiger partial charge on any atom is 0.266 e. The zero-order valence-corrected chi connectivity index (χ0v) is 15.5. The first-order valence-corrected chi connectivity index (χ1v) is 9.86. The van der Waals surface area contributed by atoms with Gasteiger partial charge in [0.25, 0.3) is 5.91 Å². The third kappa shape index (κ3) is 3.71. The van der Waals surface area contributed by atoms with E-state index in [1.165, 1.54) is 25.7 Å². The molecular formula is C21H28N2O3. The van der Waals surface area contributed by atoms with Crippen molar-refractivity contribution in [3.63, 3.8) is 0 Å². The molecule has 1 aromatic carbocycles. The fourth-order valence-corrected chi connectivity index (χ4v) is 4.69. The number of ether oxygens (including phenoxy) is 1. The molecule has 4 rings (SSSR count). The molecule has 1 saturated heterocycles. The normalized spacial score (nSPS) is 28.1. The van der Waals surface area contributed by atoms with E-state index < -0.39 is 6.10 Å². The average Bonchev–Trinajstić information content (AvgIpc) is 3.15. The molecular weight excluding hydrogens is 328 g/mol. The van der Waals surface area contributed by atoms with E-state index in [0.29, 0.717) is 18.8 Å². The molecule has 3 aliphatic rings. The Hall–Kier alpha value is -2.04. The molecule has 0 spiro atoms. The summed E-state index contributed by atoms with van der Waals surface area (Å²) in [6, 6.07) is 7.96. The highest BCUT2D eigenvalue weighted by molar-refractivity contribution is 5.94. The van der Waals surface area contributed by atoms with Crippen LogP contribution in [0.3, 0.4) is 0 Å². The van der Waals surface area contributed by atoms with Gasteiger partial charge in [-0.05, 0) is 42.4 Å². The Balaban J connectivity index is 1.32. The van der Waals surface area contributed by atoms with E-state index in [2.05, 4.69) is 5.16 Å². The zero-order valence-electron chi connectivity index (χ0n) is 15.5. The van der Waals surface area contributed by atoms with Crippen LogP contribution in [0.2, 0.25) is 0 Å². The summed E-state index contributed by atoms with van der Waals surface area (Å²) in [7, 11) is 1.67. The van der Waals surface area contributed by atoms with Gasteiger partial charge >= 0.3 is 0 Å². The lowest BCUT2D eigenvalue weighted by molar-refractivity contribution is -0.145. The van der Waals surface area contributed by atoms with E-state index in [1.54, 1.807) is 7.11 Å². The first-order chi connectivity index (χ1) is 12.7. The Morgan fingerprint density at radius 2 is 2.12 bits per heavy atom. The number of piperidine rings is 1. The first kappa shape index (κ1) is 17.4. The van der Waals surface area contributed by atoms with Crippen molar-refractivity contribution in [3.8, 4) is 5.75 Å². The van der Waals surface area contributed by atoms with Crippen LogP contribution in [0.1, 0.15) is 44.1 Å². The lowest BCUT2D eigenvalue weighted by Crippen LogP contribution is -2.48. The van der Waals surface area contributed by atoms with Crippen LogP contribution in [0.25, 0.3) is 0 Å². The molecule has 1 aromatic rings. The Labute approximate surface area is 155 Å². The van der Waals surface area contributed by atoms with Crippen molar-refractivity contribution >= 4 is 11.6 Å². The highest BCUT2D eigenvalue weighted by atomic mass is 16.6. The zero-order chi connectivity index (χ0) is 17.9. The van der Waals surface area contributed by atoms with Gasteiger partial charge in [0.15, 0.2) is 0 Å². The summed E-state index contributed by atoms with van der Waals surface area (Å²) >= 11 is 0. The number of fused-ring (bicyclic) bond motifs is 1. The lowest BCUT2D eigenvalue weighted by atomic mass is 9.75. The number of hydrogen-bond donors (Lipinski definition) is 0. The molecule has 5 heteroatoms. The minimum Gasteiger partial charge on any atom is -0.497 e. The summed E-state index contributed by atoms with van der Waals surface area (Å²) in [5.41, 5.74) is 2.06. The van der Waals surface area contributed by atoms with Crippen LogP contribution in [0, 0.1) is 11.8 Å². The summed E-state index contributed by atoms with van der Waals surface area (Å²) in [5, 5.41) is 4.19. The SMILES string of the molecule is COc1cccc(CC2=NOC(C(=O)N3CC[C@@H]4CCCC[C@H]4C3)C2)c1. The number of methoxy groups -OCH3 is 1. The second kappa shape index (κ2) is 7.68. The van der Waals surface area contributed by atoms with Crippen LogP contribution in [0.5, 0.6) is 5.75 Å². The van der Waals surface area contributed by atoms with E-state index in [-0.39, 0.29) is 5.91 Å². The standard InChI is InChI=1S/C21H28N2O3/c1-25-19-8-4-5-15(12-19)11-18-13-20(26-22-18)21(24)23-10-9-16-6-2-3-7-17(16)14-23/h4-5,8,12,16-17,20H,2-3,6-7,9-11,13-14H2,1H3/t16-,17-,20?/m0/s1. The first-order valence-electron chi connectivity index (χ1n) is 9.86. The number of carbonyl (C=O) groups is 1. The smallest absolute Gasteiger partial charge is 0.266 e. The van der Waals surface area contributed by atoms with Gasteiger partial charge in [-0.25, -0.2) is 0 Å². The Morgan fingerprint density at radius 1 is 1.27 bits per heavy atom. The largest absolute Gasteiger partial charge is 0.497 e. The Bertz CT molecular complexity index is 688. The minimum atomic E-state index is -0.434. The molecule has 1 amide bonds. The van der Waals surface area contributed by atoms with Crippen LogP contribution in [0.15, 0.2) is 29.4 Å². The van der Waals surface area contributed by atoms with Gasteiger partial charge < -0.3 is 14.5 Å². The van der Waals surface area contributed by atoms with E-state index in [1.807, 2.05) is 29.2 Å². The number of likely N-dealkylation sites (tertiary alicyclic amines) is 1. The molecule has 1 unspecified atom stereocenters. The van der Waals surface area contributed by atoms with Gasteiger partial charge in [0.1, 0.15) is 5.75 Å². The quantitative estimate of drug-likeness (QED) is 0.831. The van der Waals surface area contributed by atoms with Crippen molar-refractivity contribution in [1.29, 1.82) is 0 Å². The number of carbonyl (C=O) groups excluding carboxylic acids is 1. The molecule has 1 aliphatic carbocycles. The topological polar surface area (TPSA) is 51.1 Å². The fraction of sp³-hybridized carbons (Fsp3) is 0.619. The highest BCUT2D eigenvalue weighted by Gasteiger charge is 2.37. The summed E-state index contributed by atoms with van der Waals surface area (Å²) in [6.07, 6.45) is 7.32. The van der Waals surface area contributed by atoms with Crippen molar-refractivity contribution in [2.75, 3.05) is 20.2 Å². The van der Waals surface area contributed by atoms with Gasteiger partial charge in [0.05, 0.1) is 12.8 Å². The molecule has 0 N–H and O–H groups in total. The summed E-state index contributed by atoms with van der Waals surface area (Å²) in [4.78, 5) is 20.4. The molecule has 0 radical (unpaired) electrons. The van der Waals surface area contributed by atoms with Gasteiger partial charge in [0.2, 0.25) is 6.10 Å². The van der Waals surface area contributed by atoms with Crippen molar-refractivity contribution in [2.45, 2.75) is 51.0 Å². The number of benzene rings is 1. The molecule has 3 atom stereocenters. The molecule has 0 bridgehead atoms. The molecule has 5 nitrogen and oxygen atoms in total. The van der Waals surface area contributed by atoms with Crippen LogP contribution < -0.4 is 4.74 Å². The molecule has 2 heterocycles. The van der Waals surface area contributed by atoms with E-state index in [9.17, 15) is 4.79 Å². The van der Waals surface area contributed by atoms with Gasteiger partial charge in [-0.15, -0.1) is 0 Å². The van der Waals surface area contributed by atoms with Crippen molar-refractivity contribution in [3.05, 3.63) is 29.8 Å². The summed E-state index contributed by atoms with van der Waals surface area (Å²) < 4.78 is 5.27. The lowest BCUT2D eigenvalue weighted by Gasteiger charge is -2.41. The van der Waals surface area contributed by atoms with Gasteiger partial charge in [0, 0.05) is 25.9 Å². The van der Waals surface area contributed by atoms with Crippen LogP contribution in [-0.2, 0) is 16.1 Å². The second-order valence-corrected chi connectivity index (χ2v) is 7.86. The van der Waals surface area contributed by atoms with Crippen LogP contribution in [-0.4, -0.2) is 42.8 Å². The summed E-state index contributed by atoms with van der Waals surface area (Å²) in [5.74, 6) is 2.49. The molecule has 2 fully saturated rings.